The Kier molecular flexibility index (Phi) is 5.86. The Morgan fingerprint density at radius 3 is 2.24 bits per heavy atom. The third-order valence-electron chi connectivity index (χ3n) is 6.72. The average Bonchev–Trinajstić information content (AvgIpc) is 3.40. The Bertz CT molecular complexity index is 1590. The van der Waals surface area contributed by atoms with Crippen molar-refractivity contribution in [3.8, 4) is 0 Å². The summed E-state index contributed by atoms with van der Waals surface area (Å²) in [6.07, 6.45) is 5.69. The van der Waals surface area contributed by atoms with Gasteiger partial charge >= 0.3 is 5.76 Å². The number of hydrogen-bond donors (Lipinski definition) is 1. The highest BCUT2D eigenvalue weighted by atomic mass is 16.5. The molecule has 7 heteroatoms. The van der Waals surface area contributed by atoms with E-state index in [9.17, 15) is 4.79 Å². The molecule has 182 valence electrons. The van der Waals surface area contributed by atoms with Crippen LogP contribution in [-0.4, -0.2) is 38.0 Å². The summed E-state index contributed by atoms with van der Waals surface area (Å²) >= 11 is 0. The Balaban J connectivity index is 1.46. The van der Waals surface area contributed by atoms with Gasteiger partial charge in [0.15, 0.2) is 0 Å². The molecule has 7 nitrogen and oxygen atoms in total. The van der Waals surface area contributed by atoms with E-state index in [1.165, 1.54) is 0 Å². The first-order valence-electron chi connectivity index (χ1n) is 12.1. The molecule has 0 saturated heterocycles. The first-order valence-corrected chi connectivity index (χ1v) is 12.1. The van der Waals surface area contributed by atoms with Gasteiger partial charge in [-0.1, -0.05) is 96.7 Å². The Morgan fingerprint density at radius 1 is 0.892 bits per heavy atom. The van der Waals surface area contributed by atoms with Gasteiger partial charge in [0, 0.05) is 48.3 Å². The molecule has 0 aliphatic carbocycles. The lowest BCUT2D eigenvalue weighted by molar-refractivity contribution is 0.283. The maximum Gasteiger partial charge on any atom is 0.439 e. The molecule has 0 saturated carbocycles. The standard InChI is InChI=1S/C30H25N5O2/c1-21(26-19-31-18-24-14-8-9-15-25(24)26)34-16-17-35(27(20-34)29-32-30(36)37-33-29)28(22-10-4-2-5-11-22)23-12-6-3-7-13-23/h2-15,18-20,28H,1,16-17H2,(H,32,33,36). The molecule has 2 aromatic heterocycles. The van der Waals surface area contributed by atoms with E-state index in [2.05, 4.69) is 61.8 Å². The van der Waals surface area contributed by atoms with Crippen molar-refractivity contribution in [2.45, 2.75) is 6.04 Å². The predicted octanol–water partition coefficient (Wildman–Crippen LogP) is 5.29. The van der Waals surface area contributed by atoms with Crippen molar-refractivity contribution in [3.63, 3.8) is 0 Å². The number of aromatic amines is 1. The Morgan fingerprint density at radius 2 is 1.57 bits per heavy atom. The fourth-order valence-electron chi connectivity index (χ4n) is 4.96. The van der Waals surface area contributed by atoms with Gasteiger partial charge in [-0.3, -0.25) is 14.5 Å². The first kappa shape index (κ1) is 22.5. The van der Waals surface area contributed by atoms with Gasteiger partial charge in [0.25, 0.3) is 0 Å². The monoisotopic (exact) mass is 487 g/mol. The van der Waals surface area contributed by atoms with Gasteiger partial charge < -0.3 is 9.80 Å². The summed E-state index contributed by atoms with van der Waals surface area (Å²) in [5.74, 6) is -0.226. The van der Waals surface area contributed by atoms with Crippen molar-refractivity contribution in [2.24, 2.45) is 0 Å². The van der Waals surface area contributed by atoms with Gasteiger partial charge in [0.05, 0.1) is 6.04 Å². The lowest BCUT2D eigenvalue weighted by Gasteiger charge is -2.41. The van der Waals surface area contributed by atoms with Crippen LogP contribution in [0.3, 0.4) is 0 Å². The average molecular weight is 488 g/mol. The molecule has 0 unspecified atom stereocenters. The molecule has 1 N–H and O–H groups in total. The molecule has 0 fully saturated rings. The summed E-state index contributed by atoms with van der Waals surface area (Å²) in [4.78, 5) is 23.5. The molecular weight excluding hydrogens is 462 g/mol. The van der Waals surface area contributed by atoms with E-state index < -0.39 is 5.76 Å². The maximum atomic E-state index is 12.0. The van der Waals surface area contributed by atoms with Crippen molar-refractivity contribution < 1.29 is 4.52 Å². The van der Waals surface area contributed by atoms with Gasteiger partial charge in [0.2, 0.25) is 5.82 Å². The number of H-pyrrole nitrogens is 1. The van der Waals surface area contributed by atoms with E-state index in [1.807, 2.05) is 73.2 Å². The van der Waals surface area contributed by atoms with E-state index in [4.69, 9.17) is 4.52 Å². The molecule has 1 aliphatic rings. The second-order valence-corrected chi connectivity index (χ2v) is 8.92. The van der Waals surface area contributed by atoms with E-state index in [0.29, 0.717) is 18.9 Å². The second-order valence-electron chi connectivity index (χ2n) is 8.92. The zero-order valence-electron chi connectivity index (χ0n) is 20.1. The quantitative estimate of drug-likeness (QED) is 0.351. The molecule has 0 amide bonds. The zero-order chi connectivity index (χ0) is 25.2. The van der Waals surface area contributed by atoms with Gasteiger partial charge in [-0.05, 0) is 16.5 Å². The SMILES string of the molecule is C=C(c1cncc2ccccc12)N1C=C(c2noc(=O)[nH]2)N(C(c2ccccc2)c2ccccc2)CC1. The number of fused-ring (bicyclic) bond motifs is 1. The van der Waals surface area contributed by atoms with Crippen LogP contribution in [-0.2, 0) is 0 Å². The van der Waals surface area contributed by atoms with Crippen LogP contribution in [0, 0.1) is 0 Å². The highest BCUT2D eigenvalue weighted by molar-refractivity contribution is 5.92. The lowest BCUT2D eigenvalue weighted by Crippen LogP contribution is -2.39. The molecule has 37 heavy (non-hydrogen) atoms. The van der Waals surface area contributed by atoms with E-state index in [1.54, 1.807) is 0 Å². The molecule has 0 atom stereocenters. The van der Waals surface area contributed by atoms with Crippen molar-refractivity contribution in [1.82, 2.24) is 24.9 Å². The van der Waals surface area contributed by atoms with Gasteiger partial charge in [0.1, 0.15) is 5.70 Å². The number of aromatic nitrogens is 3. The summed E-state index contributed by atoms with van der Waals surface area (Å²) in [7, 11) is 0. The van der Waals surface area contributed by atoms with Crippen LogP contribution in [0.4, 0.5) is 0 Å². The number of nitrogens with one attached hydrogen (secondary N) is 1. The fourth-order valence-corrected chi connectivity index (χ4v) is 4.96. The number of pyridine rings is 1. The molecule has 1 aliphatic heterocycles. The van der Waals surface area contributed by atoms with Crippen LogP contribution in [0.25, 0.3) is 22.2 Å². The third kappa shape index (κ3) is 4.31. The van der Waals surface area contributed by atoms with Crippen molar-refractivity contribution in [3.05, 3.63) is 143 Å². The van der Waals surface area contributed by atoms with Crippen LogP contribution in [0.2, 0.25) is 0 Å². The van der Waals surface area contributed by atoms with Crippen LogP contribution in [0.15, 0.2) is 119 Å². The molecule has 3 heterocycles. The van der Waals surface area contributed by atoms with E-state index >= 15 is 0 Å². The molecule has 3 aromatic carbocycles. The van der Waals surface area contributed by atoms with E-state index in [-0.39, 0.29) is 6.04 Å². The van der Waals surface area contributed by atoms with Crippen LogP contribution >= 0.6 is 0 Å². The van der Waals surface area contributed by atoms with Crippen molar-refractivity contribution in [1.29, 1.82) is 0 Å². The highest BCUT2D eigenvalue weighted by Gasteiger charge is 2.31. The molecule has 0 spiro atoms. The van der Waals surface area contributed by atoms with Crippen molar-refractivity contribution >= 4 is 22.2 Å². The molecule has 0 radical (unpaired) electrons. The highest BCUT2D eigenvalue weighted by Crippen LogP contribution is 2.37. The second kappa shape index (κ2) is 9.62. The van der Waals surface area contributed by atoms with Gasteiger partial charge in [-0.15, -0.1) is 0 Å². The normalized spacial score (nSPS) is 13.7. The number of benzene rings is 3. The maximum absolute atomic E-state index is 12.0. The lowest BCUT2D eigenvalue weighted by atomic mass is 9.95. The summed E-state index contributed by atoms with van der Waals surface area (Å²) in [6.45, 7) is 5.77. The van der Waals surface area contributed by atoms with Crippen LogP contribution in [0.1, 0.15) is 28.6 Å². The molecule has 0 bridgehead atoms. The summed E-state index contributed by atoms with van der Waals surface area (Å²) in [5.41, 5.74) is 4.79. The predicted molar refractivity (Wildman–Crippen MR) is 144 cm³/mol. The van der Waals surface area contributed by atoms with E-state index in [0.717, 1.165) is 38.9 Å². The number of rotatable bonds is 6. The third-order valence-corrected chi connectivity index (χ3v) is 6.72. The minimum atomic E-state index is -0.596. The van der Waals surface area contributed by atoms with Crippen molar-refractivity contribution in [2.75, 3.05) is 13.1 Å². The zero-order valence-corrected chi connectivity index (χ0v) is 20.1. The number of hydrogen-bond acceptors (Lipinski definition) is 6. The molecule has 5 aromatic rings. The minimum Gasteiger partial charge on any atom is -0.354 e. The summed E-state index contributed by atoms with van der Waals surface area (Å²) < 4.78 is 4.92. The Hall–Kier alpha value is -4.91. The van der Waals surface area contributed by atoms with Crippen LogP contribution in [0.5, 0.6) is 0 Å². The van der Waals surface area contributed by atoms with Gasteiger partial charge in [-0.25, -0.2) is 4.79 Å². The summed E-state index contributed by atoms with van der Waals surface area (Å²) in [6, 6.07) is 28.7. The topological polar surface area (TPSA) is 78.3 Å². The first-order chi connectivity index (χ1) is 18.2. The Labute approximate surface area is 214 Å². The largest absolute Gasteiger partial charge is 0.439 e. The molecule has 6 rings (SSSR count). The summed E-state index contributed by atoms with van der Waals surface area (Å²) in [5, 5.41) is 6.19. The van der Waals surface area contributed by atoms with Gasteiger partial charge in [-0.2, -0.15) is 0 Å². The smallest absolute Gasteiger partial charge is 0.354 e. The molecular formula is C30H25N5O2. The number of nitrogens with zero attached hydrogens (tertiary/aromatic N) is 4. The fraction of sp³-hybridized carbons (Fsp3) is 0.100. The van der Waals surface area contributed by atoms with Crippen LogP contribution < -0.4 is 5.76 Å². The minimum absolute atomic E-state index is 0.0940.